The van der Waals surface area contributed by atoms with Gasteiger partial charge in [-0.3, -0.25) is 19.6 Å². The number of methoxy groups -OCH3 is 1. The molecule has 5 rings (SSSR count). The van der Waals surface area contributed by atoms with Crippen molar-refractivity contribution in [1.82, 2.24) is 20.0 Å². The molecule has 2 N–H and O–H groups in total. The molecule has 8 nitrogen and oxygen atoms in total. The van der Waals surface area contributed by atoms with Gasteiger partial charge in [-0.25, -0.2) is 13.9 Å². The summed E-state index contributed by atoms with van der Waals surface area (Å²) in [7, 11) is 1.53. The molecule has 0 bridgehead atoms. The van der Waals surface area contributed by atoms with Gasteiger partial charge in [0.05, 0.1) is 30.6 Å². The van der Waals surface area contributed by atoms with Crippen LogP contribution < -0.4 is 15.6 Å². The Kier molecular flexibility index (Phi) is 6.19. The van der Waals surface area contributed by atoms with Crippen LogP contribution in [0.5, 0.6) is 5.75 Å². The summed E-state index contributed by atoms with van der Waals surface area (Å²) in [5.41, 5.74) is 3.00. The van der Waals surface area contributed by atoms with Crippen molar-refractivity contribution >= 4 is 18.0 Å². The minimum absolute atomic E-state index is 0.0393. The van der Waals surface area contributed by atoms with Gasteiger partial charge >= 0.3 is 6.03 Å². The van der Waals surface area contributed by atoms with Gasteiger partial charge < -0.3 is 10.1 Å². The number of H-pyrrole nitrogens is 1. The average Bonchev–Trinajstić information content (AvgIpc) is 3.36. The molecule has 1 aromatic heterocycles. The van der Waals surface area contributed by atoms with Crippen molar-refractivity contribution in [3.05, 3.63) is 111 Å². The van der Waals surface area contributed by atoms with Crippen LogP contribution in [0.4, 0.5) is 9.18 Å². The van der Waals surface area contributed by atoms with E-state index in [0.29, 0.717) is 28.3 Å². The van der Waals surface area contributed by atoms with Crippen LogP contribution in [0.3, 0.4) is 0 Å². The number of nitrogens with one attached hydrogen (secondary N) is 2. The van der Waals surface area contributed by atoms with Crippen LogP contribution in [-0.2, 0) is 11.3 Å². The number of aromatic nitrogens is 2. The first kappa shape index (κ1) is 23.8. The quantitative estimate of drug-likeness (QED) is 0.305. The number of imide groups is 1. The molecular formula is C28H23FN4O4. The summed E-state index contributed by atoms with van der Waals surface area (Å²) in [4.78, 5) is 40.4. The highest BCUT2D eigenvalue weighted by atomic mass is 19.1. The molecule has 1 aliphatic heterocycles. The van der Waals surface area contributed by atoms with Crippen molar-refractivity contribution in [1.29, 1.82) is 0 Å². The van der Waals surface area contributed by atoms with E-state index in [1.54, 1.807) is 12.1 Å². The Morgan fingerprint density at radius 2 is 1.65 bits per heavy atom. The highest BCUT2D eigenvalue weighted by Crippen LogP contribution is 2.31. The Balaban J connectivity index is 1.59. The lowest BCUT2D eigenvalue weighted by atomic mass is 10.1. The number of carbonyl (C=O) groups excluding carboxylic acids is 2. The molecule has 3 aromatic carbocycles. The second-order valence-corrected chi connectivity index (χ2v) is 8.58. The van der Waals surface area contributed by atoms with Gasteiger partial charge in [-0.2, -0.15) is 0 Å². The molecule has 4 aromatic rings. The summed E-state index contributed by atoms with van der Waals surface area (Å²) in [6.45, 7) is 1.91. The van der Waals surface area contributed by atoms with Crippen LogP contribution in [0, 0.1) is 12.7 Å². The third kappa shape index (κ3) is 4.54. The van der Waals surface area contributed by atoms with E-state index in [2.05, 4.69) is 10.4 Å². The van der Waals surface area contributed by atoms with E-state index < -0.39 is 23.3 Å². The van der Waals surface area contributed by atoms with E-state index in [1.165, 1.54) is 42.1 Å². The van der Waals surface area contributed by atoms with Gasteiger partial charge in [0.15, 0.2) is 0 Å². The minimum atomic E-state index is -0.631. The highest BCUT2D eigenvalue weighted by Gasteiger charge is 2.34. The summed E-state index contributed by atoms with van der Waals surface area (Å²) in [5, 5.41) is 5.70. The maximum Gasteiger partial charge on any atom is 0.329 e. The molecule has 1 saturated heterocycles. The molecule has 0 saturated carbocycles. The number of amides is 3. The van der Waals surface area contributed by atoms with Gasteiger partial charge in [0.25, 0.3) is 11.5 Å². The summed E-state index contributed by atoms with van der Waals surface area (Å²) in [6, 6.07) is 19.5. The van der Waals surface area contributed by atoms with Gasteiger partial charge in [-0.1, -0.05) is 42.0 Å². The van der Waals surface area contributed by atoms with Crippen LogP contribution in [0.15, 0.2) is 83.3 Å². The lowest BCUT2D eigenvalue weighted by molar-refractivity contribution is -0.123. The summed E-state index contributed by atoms with van der Waals surface area (Å²) in [5.74, 6) is -0.482. The zero-order valence-corrected chi connectivity index (χ0v) is 20.1. The maximum atomic E-state index is 13.6. The fourth-order valence-corrected chi connectivity index (χ4v) is 4.15. The van der Waals surface area contributed by atoms with Gasteiger partial charge in [-0.15, -0.1) is 0 Å². The number of carbonyl (C=O) groups is 2. The molecule has 37 heavy (non-hydrogen) atoms. The molecule has 3 amide bonds. The smallest absolute Gasteiger partial charge is 0.329 e. The molecular weight excluding hydrogens is 475 g/mol. The Hall–Kier alpha value is -4.92. The molecule has 1 aliphatic rings. The molecule has 186 valence electrons. The molecule has 0 spiro atoms. The van der Waals surface area contributed by atoms with Gasteiger partial charge in [-0.05, 0) is 55.0 Å². The largest absolute Gasteiger partial charge is 0.496 e. The topological polar surface area (TPSA) is 96.4 Å². The Morgan fingerprint density at radius 3 is 2.35 bits per heavy atom. The highest BCUT2D eigenvalue weighted by molar-refractivity contribution is 6.14. The number of aryl methyl sites for hydroxylation is 1. The zero-order valence-electron chi connectivity index (χ0n) is 20.1. The van der Waals surface area contributed by atoms with Crippen molar-refractivity contribution in [2.24, 2.45) is 0 Å². The van der Waals surface area contributed by atoms with E-state index in [9.17, 15) is 18.8 Å². The summed E-state index contributed by atoms with van der Waals surface area (Å²) in [6.07, 6.45) is 1.37. The molecule has 0 unspecified atom stereocenters. The van der Waals surface area contributed by atoms with Crippen molar-refractivity contribution in [3.63, 3.8) is 0 Å². The second kappa shape index (κ2) is 9.62. The van der Waals surface area contributed by atoms with E-state index in [1.807, 2.05) is 43.3 Å². The Morgan fingerprint density at radius 1 is 0.946 bits per heavy atom. The first-order valence-electron chi connectivity index (χ1n) is 11.5. The number of hydrogen-bond donors (Lipinski definition) is 2. The fraction of sp³-hybridized carbons (Fsp3) is 0.107. The molecule has 0 atom stereocenters. The minimum Gasteiger partial charge on any atom is -0.496 e. The number of urea groups is 1. The molecule has 1 fully saturated rings. The fourth-order valence-electron chi connectivity index (χ4n) is 4.15. The lowest BCUT2D eigenvalue weighted by Crippen LogP contribution is -2.30. The van der Waals surface area contributed by atoms with Crippen molar-refractivity contribution in [3.8, 4) is 22.7 Å². The van der Waals surface area contributed by atoms with Gasteiger partial charge in [0, 0.05) is 5.56 Å². The maximum absolute atomic E-state index is 13.6. The van der Waals surface area contributed by atoms with E-state index in [-0.39, 0.29) is 17.8 Å². The van der Waals surface area contributed by atoms with Gasteiger partial charge in [0.2, 0.25) is 0 Å². The Labute approximate surface area is 211 Å². The third-order valence-corrected chi connectivity index (χ3v) is 6.10. The Bertz CT molecular complexity index is 1580. The number of nitrogens with zero attached hydrogens (tertiary/aromatic N) is 2. The van der Waals surface area contributed by atoms with Crippen LogP contribution >= 0.6 is 0 Å². The van der Waals surface area contributed by atoms with E-state index in [0.717, 1.165) is 10.5 Å². The van der Waals surface area contributed by atoms with E-state index >= 15 is 0 Å². The average molecular weight is 499 g/mol. The molecule has 9 heteroatoms. The van der Waals surface area contributed by atoms with Crippen LogP contribution in [0.25, 0.3) is 23.0 Å². The number of aromatic amines is 1. The number of ether oxygens (including phenoxy) is 1. The number of halogens is 1. The van der Waals surface area contributed by atoms with Crippen molar-refractivity contribution < 1.29 is 18.7 Å². The second-order valence-electron chi connectivity index (χ2n) is 8.58. The first-order valence-corrected chi connectivity index (χ1v) is 11.5. The van der Waals surface area contributed by atoms with Crippen LogP contribution in [0.2, 0.25) is 0 Å². The van der Waals surface area contributed by atoms with Crippen molar-refractivity contribution in [2.75, 3.05) is 7.11 Å². The third-order valence-electron chi connectivity index (χ3n) is 6.10. The summed E-state index contributed by atoms with van der Waals surface area (Å²) < 4.78 is 20.1. The number of rotatable bonds is 6. The normalized spacial score (nSPS) is 14.4. The molecule has 2 heterocycles. The predicted octanol–water partition coefficient (Wildman–Crippen LogP) is 4.38. The number of para-hydroxylation sites is 1. The summed E-state index contributed by atoms with van der Waals surface area (Å²) >= 11 is 0. The zero-order chi connectivity index (χ0) is 26.1. The number of hydrogen-bond acceptors (Lipinski definition) is 4. The van der Waals surface area contributed by atoms with E-state index in [4.69, 9.17) is 4.74 Å². The number of benzene rings is 3. The molecule has 0 radical (unpaired) electrons. The monoisotopic (exact) mass is 498 g/mol. The molecule has 0 aliphatic carbocycles. The van der Waals surface area contributed by atoms with Crippen LogP contribution in [0.1, 0.15) is 16.7 Å². The lowest BCUT2D eigenvalue weighted by Gasteiger charge is -2.11. The predicted molar refractivity (Wildman–Crippen MR) is 137 cm³/mol. The van der Waals surface area contributed by atoms with Crippen LogP contribution in [-0.4, -0.2) is 33.7 Å². The first-order chi connectivity index (χ1) is 17.9. The standard InChI is InChI=1S/C28H23FN4O4/c1-17-7-13-20(14-8-17)33-26(34)22(25(31-33)21-5-3-4-6-24(21)37-2)15-23-27(35)32(28(36)30-23)16-18-9-11-19(29)12-10-18/h3-15,31H,16H2,1-2H3,(H,30,36). The van der Waals surface area contributed by atoms with Gasteiger partial charge in [0.1, 0.15) is 17.3 Å². The SMILES string of the molecule is COc1ccccc1-c1[nH]n(-c2ccc(C)cc2)c(=O)c1C=C1NC(=O)N(Cc2ccc(F)cc2)C1=O. The van der Waals surface area contributed by atoms with Crippen molar-refractivity contribution in [2.45, 2.75) is 13.5 Å².